The molecule has 0 aromatic heterocycles. The average molecular weight is 274 g/mol. The van der Waals surface area contributed by atoms with Crippen molar-refractivity contribution in [1.82, 2.24) is 5.43 Å². The van der Waals surface area contributed by atoms with Crippen molar-refractivity contribution in [3.8, 4) is 0 Å². The van der Waals surface area contributed by atoms with Crippen molar-refractivity contribution >= 4 is 0 Å². The van der Waals surface area contributed by atoms with Gasteiger partial charge in [-0.2, -0.15) is 0 Å². The molecule has 0 radical (unpaired) electrons. The van der Waals surface area contributed by atoms with Gasteiger partial charge in [-0.3, -0.25) is 11.3 Å². The summed E-state index contributed by atoms with van der Waals surface area (Å²) in [4.78, 5) is 0. The van der Waals surface area contributed by atoms with Crippen LogP contribution in [0.4, 0.5) is 0 Å². The number of ether oxygens (including phenoxy) is 1. The zero-order chi connectivity index (χ0) is 14.2. The van der Waals surface area contributed by atoms with Crippen molar-refractivity contribution in [3.05, 3.63) is 47.5 Å². The van der Waals surface area contributed by atoms with Crippen molar-refractivity contribution in [3.63, 3.8) is 0 Å². The number of nitrogens with two attached hydrogens (primary N) is 1. The van der Waals surface area contributed by atoms with Gasteiger partial charge >= 0.3 is 0 Å². The highest BCUT2D eigenvalue weighted by molar-refractivity contribution is 5.25. The van der Waals surface area contributed by atoms with Crippen LogP contribution < -0.4 is 11.3 Å². The molecule has 1 aliphatic carbocycles. The minimum absolute atomic E-state index is 0.0180. The van der Waals surface area contributed by atoms with Crippen LogP contribution in [0.2, 0.25) is 0 Å². The minimum Gasteiger partial charge on any atom is -0.372 e. The zero-order valence-electron chi connectivity index (χ0n) is 12.3. The van der Waals surface area contributed by atoms with Crippen LogP contribution >= 0.6 is 0 Å². The van der Waals surface area contributed by atoms with Crippen LogP contribution in [0.25, 0.3) is 0 Å². The Kier molecular flexibility index (Phi) is 6.25. The van der Waals surface area contributed by atoms with Crippen LogP contribution in [0.3, 0.4) is 0 Å². The first-order chi connectivity index (χ1) is 9.86. The third-order valence-corrected chi connectivity index (χ3v) is 3.93. The largest absolute Gasteiger partial charge is 0.372 e. The number of benzene rings is 1. The molecule has 110 valence electrons. The molecule has 0 spiro atoms. The van der Waals surface area contributed by atoms with Crippen molar-refractivity contribution in [2.75, 3.05) is 6.61 Å². The molecule has 3 nitrogen and oxygen atoms in total. The fourth-order valence-electron chi connectivity index (χ4n) is 2.92. The molecular formula is C17H26N2O. The summed E-state index contributed by atoms with van der Waals surface area (Å²) in [5.41, 5.74) is 5.57. The van der Waals surface area contributed by atoms with Gasteiger partial charge in [-0.05, 0) is 38.2 Å². The third kappa shape index (κ3) is 3.92. The Morgan fingerprint density at radius 1 is 1.20 bits per heavy atom. The summed E-state index contributed by atoms with van der Waals surface area (Å²) in [6.07, 6.45) is 8.44. The lowest BCUT2D eigenvalue weighted by Crippen LogP contribution is -2.42. The number of hydrogen-bond donors (Lipinski definition) is 2. The van der Waals surface area contributed by atoms with E-state index in [1.807, 2.05) is 13.0 Å². The molecule has 2 unspecified atom stereocenters. The summed E-state index contributed by atoms with van der Waals surface area (Å²) in [6.45, 7) is 2.72. The number of rotatable bonds is 6. The first kappa shape index (κ1) is 15.2. The van der Waals surface area contributed by atoms with Crippen LogP contribution in [-0.4, -0.2) is 12.6 Å². The predicted molar refractivity (Wildman–Crippen MR) is 83.1 cm³/mol. The van der Waals surface area contributed by atoms with E-state index in [0.29, 0.717) is 6.61 Å². The highest BCUT2D eigenvalue weighted by Gasteiger charge is 2.26. The summed E-state index contributed by atoms with van der Waals surface area (Å²) < 4.78 is 5.99. The van der Waals surface area contributed by atoms with Gasteiger partial charge in [0.15, 0.2) is 0 Å². The molecule has 0 amide bonds. The van der Waals surface area contributed by atoms with Crippen molar-refractivity contribution in [2.45, 2.75) is 51.2 Å². The third-order valence-electron chi connectivity index (χ3n) is 3.93. The lowest BCUT2D eigenvalue weighted by molar-refractivity contribution is 0.0414. The number of nitrogens with one attached hydrogen (secondary N) is 1. The molecule has 2 rings (SSSR count). The maximum Gasteiger partial charge on any atom is 0.103 e. The Balaban J connectivity index is 2.22. The van der Waals surface area contributed by atoms with Crippen molar-refractivity contribution in [1.29, 1.82) is 0 Å². The van der Waals surface area contributed by atoms with Gasteiger partial charge < -0.3 is 4.74 Å². The van der Waals surface area contributed by atoms with Gasteiger partial charge in [-0.25, -0.2) is 0 Å². The van der Waals surface area contributed by atoms with Gasteiger partial charge in [0.1, 0.15) is 6.10 Å². The highest BCUT2D eigenvalue weighted by atomic mass is 16.5. The molecule has 0 saturated heterocycles. The normalized spacial score (nSPS) is 19.0. The van der Waals surface area contributed by atoms with Gasteiger partial charge in [0.25, 0.3) is 0 Å². The second-order valence-corrected chi connectivity index (χ2v) is 5.31. The Morgan fingerprint density at radius 2 is 2.00 bits per heavy atom. The zero-order valence-corrected chi connectivity index (χ0v) is 12.3. The molecule has 0 bridgehead atoms. The van der Waals surface area contributed by atoms with E-state index in [4.69, 9.17) is 10.6 Å². The second kappa shape index (κ2) is 8.20. The molecule has 0 aliphatic heterocycles. The van der Waals surface area contributed by atoms with Gasteiger partial charge in [-0.1, -0.05) is 48.4 Å². The Bertz CT molecular complexity index is 416. The number of hydrazine groups is 1. The van der Waals surface area contributed by atoms with E-state index in [1.165, 1.54) is 30.4 Å². The first-order valence-corrected chi connectivity index (χ1v) is 7.68. The molecule has 1 aliphatic rings. The van der Waals surface area contributed by atoms with E-state index in [2.05, 4.69) is 35.8 Å². The first-order valence-electron chi connectivity index (χ1n) is 7.68. The van der Waals surface area contributed by atoms with Gasteiger partial charge in [-0.15, -0.1) is 0 Å². The van der Waals surface area contributed by atoms with E-state index in [0.717, 1.165) is 12.8 Å². The standard InChI is InChI=1S/C17H26N2O/c1-2-20-17(15-12-8-5-9-13-15)16(19-18)14-10-6-3-4-7-11-14/h5,8-10,12-13,16-17,19H,2-4,6-7,11,18H2,1H3. The van der Waals surface area contributed by atoms with Gasteiger partial charge in [0.2, 0.25) is 0 Å². The molecule has 0 heterocycles. The van der Waals surface area contributed by atoms with E-state index in [1.54, 1.807) is 0 Å². The van der Waals surface area contributed by atoms with E-state index < -0.39 is 0 Å². The predicted octanol–water partition coefficient (Wildman–Crippen LogP) is 3.49. The maximum atomic E-state index is 5.99. The molecule has 1 aromatic carbocycles. The molecule has 2 atom stereocenters. The molecular weight excluding hydrogens is 248 g/mol. The maximum absolute atomic E-state index is 5.99. The summed E-state index contributed by atoms with van der Waals surface area (Å²) in [5.74, 6) is 5.85. The summed E-state index contributed by atoms with van der Waals surface area (Å²) in [7, 11) is 0. The van der Waals surface area contributed by atoms with Crippen LogP contribution in [0, 0.1) is 0 Å². The lowest BCUT2D eigenvalue weighted by Gasteiger charge is -2.29. The number of allylic oxidation sites excluding steroid dienone is 1. The van der Waals surface area contributed by atoms with Crippen molar-refractivity contribution in [2.24, 2.45) is 5.84 Å². The van der Waals surface area contributed by atoms with Crippen LogP contribution in [0.1, 0.15) is 50.7 Å². The Hall–Kier alpha value is -1.16. The quantitative estimate of drug-likeness (QED) is 0.474. The Labute approximate surface area is 122 Å². The van der Waals surface area contributed by atoms with Gasteiger partial charge in [0.05, 0.1) is 6.04 Å². The van der Waals surface area contributed by atoms with E-state index in [9.17, 15) is 0 Å². The summed E-state index contributed by atoms with van der Waals surface area (Å²) >= 11 is 0. The summed E-state index contributed by atoms with van der Waals surface area (Å²) in [6, 6.07) is 10.4. The molecule has 3 heteroatoms. The fourth-order valence-corrected chi connectivity index (χ4v) is 2.92. The fraction of sp³-hybridized carbons (Fsp3) is 0.529. The Morgan fingerprint density at radius 3 is 2.70 bits per heavy atom. The lowest BCUT2D eigenvalue weighted by atomic mass is 9.93. The minimum atomic E-state index is -0.0180. The van der Waals surface area contributed by atoms with Gasteiger partial charge in [0, 0.05) is 6.61 Å². The van der Waals surface area contributed by atoms with E-state index in [-0.39, 0.29) is 12.1 Å². The average Bonchev–Trinajstić information content (AvgIpc) is 2.77. The summed E-state index contributed by atoms with van der Waals surface area (Å²) in [5, 5.41) is 0. The molecule has 1 aromatic rings. The monoisotopic (exact) mass is 274 g/mol. The van der Waals surface area contributed by atoms with E-state index >= 15 is 0 Å². The SMILES string of the molecule is CCOC(c1ccccc1)C(NN)C1=CCCCCC1. The van der Waals surface area contributed by atoms with Crippen LogP contribution in [0.15, 0.2) is 42.0 Å². The van der Waals surface area contributed by atoms with Crippen LogP contribution in [-0.2, 0) is 4.74 Å². The van der Waals surface area contributed by atoms with Crippen molar-refractivity contribution < 1.29 is 4.74 Å². The smallest absolute Gasteiger partial charge is 0.103 e. The molecule has 0 saturated carbocycles. The van der Waals surface area contributed by atoms with Crippen LogP contribution in [0.5, 0.6) is 0 Å². The molecule has 3 N–H and O–H groups in total. The second-order valence-electron chi connectivity index (χ2n) is 5.31. The molecule has 0 fully saturated rings. The highest BCUT2D eigenvalue weighted by Crippen LogP contribution is 2.29. The number of hydrogen-bond acceptors (Lipinski definition) is 3. The molecule has 20 heavy (non-hydrogen) atoms. The topological polar surface area (TPSA) is 47.3 Å².